The molecule has 0 spiro atoms. The van der Waals surface area contributed by atoms with E-state index in [9.17, 15) is 18.0 Å². The van der Waals surface area contributed by atoms with Crippen LogP contribution in [0.15, 0.2) is 46.3 Å². The maximum absolute atomic E-state index is 12.8. The summed E-state index contributed by atoms with van der Waals surface area (Å²) in [5.41, 5.74) is -0.699. The summed E-state index contributed by atoms with van der Waals surface area (Å²) in [4.78, 5) is 12.8. The first-order valence-corrected chi connectivity index (χ1v) is 7.43. The van der Waals surface area contributed by atoms with Crippen LogP contribution in [0.5, 0.6) is 0 Å². The Morgan fingerprint density at radius 1 is 1.27 bits per heavy atom. The van der Waals surface area contributed by atoms with E-state index >= 15 is 0 Å². The smallest absolute Gasteiger partial charge is 0.396 e. The zero-order valence-corrected chi connectivity index (χ0v) is 12.5. The van der Waals surface area contributed by atoms with Crippen LogP contribution in [-0.2, 0) is 13.2 Å². The van der Waals surface area contributed by atoms with Gasteiger partial charge in [0.1, 0.15) is 0 Å². The van der Waals surface area contributed by atoms with Crippen LogP contribution >= 0.6 is 11.8 Å². The Labute approximate surface area is 129 Å². The molecule has 0 aliphatic heterocycles. The molecule has 1 N–H and O–H groups in total. The Morgan fingerprint density at radius 2 is 2.00 bits per heavy atom. The standard InChI is InChI=1S/C15H14F3NO2S/c1-19-8-12(14(21)13(9-19)22-6-5-20)10-3-2-4-11(7-10)15(16,17)18/h2-4,7-9,20H,5-6H2,1H3. The third-order valence-electron chi connectivity index (χ3n) is 2.97. The molecule has 0 amide bonds. The molecule has 0 radical (unpaired) electrons. The molecule has 0 atom stereocenters. The number of halogens is 3. The number of pyridine rings is 1. The first-order chi connectivity index (χ1) is 10.3. The fourth-order valence-corrected chi connectivity index (χ4v) is 2.80. The molecule has 0 saturated carbocycles. The Kier molecular flexibility index (Phi) is 4.97. The van der Waals surface area contributed by atoms with Crippen LogP contribution in [0.2, 0.25) is 0 Å². The number of thioether (sulfide) groups is 1. The van der Waals surface area contributed by atoms with Gasteiger partial charge in [0, 0.05) is 30.8 Å². The number of nitrogens with zero attached hydrogens (tertiary/aromatic N) is 1. The molecular formula is C15H14F3NO2S. The van der Waals surface area contributed by atoms with E-state index in [-0.39, 0.29) is 23.2 Å². The minimum absolute atomic E-state index is 0.0817. The number of aryl methyl sites for hydroxylation is 1. The lowest BCUT2D eigenvalue weighted by molar-refractivity contribution is -0.137. The van der Waals surface area contributed by atoms with Crippen LogP contribution < -0.4 is 5.43 Å². The third-order valence-corrected chi connectivity index (χ3v) is 3.96. The van der Waals surface area contributed by atoms with Gasteiger partial charge in [-0.3, -0.25) is 4.79 Å². The lowest BCUT2D eigenvalue weighted by Gasteiger charge is -2.11. The van der Waals surface area contributed by atoms with Gasteiger partial charge in [-0.1, -0.05) is 12.1 Å². The first-order valence-electron chi connectivity index (χ1n) is 6.44. The van der Waals surface area contributed by atoms with Crippen molar-refractivity contribution in [3.63, 3.8) is 0 Å². The van der Waals surface area contributed by atoms with Gasteiger partial charge in [-0.05, 0) is 17.7 Å². The molecule has 3 nitrogen and oxygen atoms in total. The van der Waals surface area contributed by atoms with Gasteiger partial charge in [-0.2, -0.15) is 13.2 Å². The molecule has 1 heterocycles. The van der Waals surface area contributed by atoms with E-state index in [1.807, 2.05) is 0 Å². The van der Waals surface area contributed by atoms with Crippen LogP contribution in [0.4, 0.5) is 13.2 Å². The fraction of sp³-hybridized carbons (Fsp3) is 0.267. The minimum atomic E-state index is -4.45. The Balaban J connectivity index is 2.53. The second-order valence-electron chi connectivity index (χ2n) is 4.68. The van der Waals surface area contributed by atoms with Gasteiger partial charge in [0.05, 0.1) is 17.1 Å². The number of alkyl halides is 3. The van der Waals surface area contributed by atoms with E-state index < -0.39 is 11.7 Å². The zero-order valence-electron chi connectivity index (χ0n) is 11.7. The highest BCUT2D eigenvalue weighted by molar-refractivity contribution is 7.99. The quantitative estimate of drug-likeness (QED) is 0.876. The maximum atomic E-state index is 12.8. The largest absolute Gasteiger partial charge is 0.416 e. The van der Waals surface area contributed by atoms with E-state index in [1.54, 1.807) is 17.8 Å². The van der Waals surface area contributed by atoms with E-state index in [2.05, 4.69) is 0 Å². The summed E-state index contributed by atoms with van der Waals surface area (Å²) in [5.74, 6) is 0.348. The number of benzene rings is 1. The Bertz CT molecular complexity index is 725. The van der Waals surface area contributed by atoms with Crippen molar-refractivity contribution >= 4 is 11.8 Å². The maximum Gasteiger partial charge on any atom is 0.416 e. The second kappa shape index (κ2) is 6.58. The van der Waals surface area contributed by atoms with E-state index in [4.69, 9.17) is 5.11 Å². The third kappa shape index (κ3) is 3.72. The summed E-state index contributed by atoms with van der Waals surface area (Å²) in [7, 11) is 1.69. The van der Waals surface area contributed by atoms with Gasteiger partial charge in [0.2, 0.25) is 5.43 Å². The van der Waals surface area contributed by atoms with Crippen molar-refractivity contribution in [2.45, 2.75) is 11.1 Å². The molecule has 0 saturated heterocycles. The first kappa shape index (κ1) is 16.6. The topological polar surface area (TPSA) is 42.2 Å². The van der Waals surface area contributed by atoms with Crippen molar-refractivity contribution in [2.75, 3.05) is 12.4 Å². The molecule has 118 valence electrons. The predicted molar refractivity (Wildman–Crippen MR) is 79.9 cm³/mol. The molecule has 0 aliphatic carbocycles. The highest BCUT2D eigenvalue weighted by atomic mass is 32.2. The minimum Gasteiger partial charge on any atom is -0.396 e. The fourth-order valence-electron chi connectivity index (χ4n) is 2.00. The molecule has 0 fully saturated rings. The monoisotopic (exact) mass is 329 g/mol. The van der Waals surface area contributed by atoms with Crippen LogP contribution in [0.1, 0.15) is 5.56 Å². The highest BCUT2D eigenvalue weighted by Gasteiger charge is 2.30. The molecule has 2 rings (SSSR count). The average Bonchev–Trinajstić information content (AvgIpc) is 2.47. The number of aromatic nitrogens is 1. The summed E-state index contributed by atoms with van der Waals surface area (Å²) < 4.78 is 40.0. The summed E-state index contributed by atoms with van der Waals surface area (Å²) >= 11 is 1.17. The summed E-state index contributed by atoms with van der Waals surface area (Å²) in [6.07, 6.45) is -1.36. The molecule has 2 aromatic rings. The molecular weight excluding hydrogens is 315 g/mol. The molecule has 7 heteroatoms. The van der Waals surface area contributed by atoms with Gasteiger partial charge < -0.3 is 9.67 Å². The molecule has 1 aromatic heterocycles. The van der Waals surface area contributed by atoms with Crippen molar-refractivity contribution in [3.8, 4) is 11.1 Å². The van der Waals surface area contributed by atoms with Gasteiger partial charge in [-0.15, -0.1) is 11.8 Å². The molecule has 0 bridgehead atoms. The second-order valence-corrected chi connectivity index (χ2v) is 5.82. The Hall–Kier alpha value is -1.73. The average molecular weight is 329 g/mol. The van der Waals surface area contributed by atoms with Crippen molar-refractivity contribution in [2.24, 2.45) is 7.05 Å². The van der Waals surface area contributed by atoms with E-state index in [1.165, 1.54) is 30.1 Å². The van der Waals surface area contributed by atoms with Crippen molar-refractivity contribution in [1.82, 2.24) is 4.57 Å². The van der Waals surface area contributed by atoms with Crippen LogP contribution in [0.3, 0.4) is 0 Å². The van der Waals surface area contributed by atoms with Crippen LogP contribution in [0.25, 0.3) is 11.1 Å². The summed E-state index contributed by atoms with van der Waals surface area (Å²) in [5, 5.41) is 8.85. The van der Waals surface area contributed by atoms with Gasteiger partial charge in [-0.25, -0.2) is 0 Å². The lowest BCUT2D eigenvalue weighted by Crippen LogP contribution is -2.12. The van der Waals surface area contributed by atoms with Crippen molar-refractivity contribution in [1.29, 1.82) is 0 Å². The zero-order chi connectivity index (χ0) is 16.3. The number of aliphatic hydroxyl groups is 1. The molecule has 22 heavy (non-hydrogen) atoms. The van der Waals surface area contributed by atoms with Crippen molar-refractivity contribution < 1.29 is 18.3 Å². The van der Waals surface area contributed by atoms with Gasteiger partial charge in [0.15, 0.2) is 0 Å². The van der Waals surface area contributed by atoms with E-state index in [0.717, 1.165) is 12.1 Å². The van der Waals surface area contributed by atoms with Gasteiger partial charge in [0.25, 0.3) is 0 Å². The number of hydrogen-bond acceptors (Lipinski definition) is 3. The predicted octanol–water partition coefficient (Wildman–Crippen LogP) is 3.16. The summed E-state index contributed by atoms with van der Waals surface area (Å²) in [6, 6.07) is 4.70. The van der Waals surface area contributed by atoms with Gasteiger partial charge >= 0.3 is 6.18 Å². The number of rotatable bonds is 4. The molecule has 1 aromatic carbocycles. The van der Waals surface area contributed by atoms with Crippen molar-refractivity contribution in [3.05, 3.63) is 52.4 Å². The SMILES string of the molecule is Cn1cc(SCCO)c(=O)c(-c2cccc(C(F)(F)F)c2)c1. The van der Waals surface area contributed by atoms with Crippen LogP contribution in [-0.4, -0.2) is 22.0 Å². The Morgan fingerprint density at radius 3 is 2.64 bits per heavy atom. The summed E-state index contributed by atoms with van der Waals surface area (Å²) in [6.45, 7) is -0.0817. The number of aliphatic hydroxyl groups excluding tert-OH is 1. The van der Waals surface area contributed by atoms with E-state index in [0.29, 0.717) is 10.6 Å². The van der Waals surface area contributed by atoms with Crippen LogP contribution in [0, 0.1) is 0 Å². The molecule has 0 aliphatic rings. The number of hydrogen-bond donors (Lipinski definition) is 1. The lowest BCUT2D eigenvalue weighted by atomic mass is 10.0. The normalized spacial score (nSPS) is 11.7. The highest BCUT2D eigenvalue weighted by Crippen LogP contribution is 2.31. The molecule has 0 unspecified atom stereocenters.